The van der Waals surface area contributed by atoms with E-state index in [4.69, 9.17) is 16.7 Å². The number of nitrogens with zero attached hydrogens (tertiary/aromatic N) is 1. The van der Waals surface area contributed by atoms with Crippen LogP contribution in [-0.4, -0.2) is 21.0 Å². The number of aliphatic carboxylic acids is 1. The smallest absolute Gasteiger partial charge is 0.303 e. The van der Waals surface area contributed by atoms with E-state index in [1.165, 1.54) is 0 Å². The van der Waals surface area contributed by atoms with Crippen molar-refractivity contribution >= 4 is 28.6 Å². The van der Waals surface area contributed by atoms with Crippen molar-refractivity contribution in [3.63, 3.8) is 0 Å². The number of imidazole rings is 1. The molecule has 0 saturated carbocycles. The molecule has 0 aliphatic carbocycles. The Kier molecular flexibility index (Phi) is 2.83. The second-order valence-corrected chi connectivity index (χ2v) is 4.10. The summed E-state index contributed by atoms with van der Waals surface area (Å²) in [5.74, 6) is -0.145. The molecule has 2 N–H and O–H groups in total. The number of carboxylic acid groups (broad SMARTS) is 1. The fourth-order valence-corrected chi connectivity index (χ4v) is 1.69. The number of hydrogen-bond acceptors (Lipinski definition) is 2. The first-order valence-corrected chi connectivity index (χ1v) is 5.30. The maximum atomic E-state index is 10.4. The van der Waals surface area contributed by atoms with E-state index in [0.29, 0.717) is 17.3 Å². The fourth-order valence-electron chi connectivity index (χ4n) is 1.54. The van der Waals surface area contributed by atoms with Gasteiger partial charge in [-0.3, -0.25) is 4.79 Å². The number of carbonyl (C=O) groups is 1. The van der Waals surface area contributed by atoms with Crippen molar-refractivity contribution in [2.24, 2.45) is 0 Å². The van der Waals surface area contributed by atoms with E-state index in [1.807, 2.05) is 13.0 Å². The Morgan fingerprint density at radius 1 is 1.56 bits per heavy atom. The summed E-state index contributed by atoms with van der Waals surface area (Å²) in [6.07, 6.45) is 0.479. The van der Waals surface area contributed by atoms with Crippen molar-refractivity contribution in [1.29, 1.82) is 0 Å². The van der Waals surface area contributed by atoms with E-state index in [9.17, 15) is 4.79 Å². The molecule has 1 aromatic heterocycles. The molecule has 5 heteroatoms. The van der Waals surface area contributed by atoms with Crippen molar-refractivity contribution in [2.75, 3.05) is 0 Å². The van der Waals surface area contributed by atoms with Gasteiger partial charge in [-0.2, -0.15) is 0 Å². The molecule has 1 aromatic carbocycles. The van der Waals surface area contributed by atoms with Crippen molar-refractivity contribution in [1.82, 2.24) is 9.97 Å². The van der Waals surface area contributed by atoms with Crippen molar-refractivity contribution in [3.05, 3.63) is 28.5 Å². The normalized spacial score (nSPS) is 10.9. The molecule has 0 spiro atoms. The quantitative estimate of drug-likeness (QED) is 0.864. The van der Waals surface area contributed by atoms with Gasteiger partial charge in [-0.15, -0.1) is 0 Å². The minimum absolute atomic E-state index is 0.0759. The lowest BCUT2D eigenvalue weighted by molar-refractivity contribution is -0.137. The number of hydrogen-bond donors (Lipinski definition) is 2. The Hall–Kier alpha value is -1.55. The highest BCUT2D eigenvalue weighted by Crippen LogP contribution is 2.22. The maximum Gasteiger partial charge on any atom is 0.303 e. The third-order valence-corrected chi connectivity index (χ3v) is 2.79. The molecule has 0 atom stereocenters. The summed E-state index contributed by atoms with van der Waals surface area (Å²) in [5, 5.41) is 9.25. The molecule has 2 aromatic rings. The van der Waals surface area contributed by atoms with Crippen molar-refractivity contribution in [3.8, 4) is 0 Å². The van der Waals surface area contributed by atoms with Gasteiger partial charge in [-0.1, -0.05) is 11.6 Å². The van der Waals surface area contributed by atoms with Gasteiger partial charge in [0.15, 0.2) is 0 Å². The first kappa shape index (κ1) is 11.0. The van der Waals surface area contributed by atoms with Gasteiger partial charge in [0.1, 0.15) is 5.82 Å². The molecule has 1 heterocycles. The van der Waals surface area contributed by atoms with E-state index < -0.39 is 5.97 Å². The topological polar surface area (TPSA) is 66.0 Å². The number of rotatable bonds is 3. The van der Waals surface area contributed by atoms with Gasteiger partial charge in [0.2, 0.25) is 0 Å². The highest BCUT2D eigenvalue weighted by atomic mass is 35.5. The predicted octanol–water partition coefficient (Wildman–Crippen LogP) is 2.54. The zero-order valence-electron chi connectivity index (χ0n) is 8.75. The van der Waals surface area contributed by atoms with Crippen LogP contribution in [0.2, 0.25) is 5.02 Å². The van der Waals surface area contributed by atoms with E-state index in [1.54, 1.807) is 6.07 Å². The van der Waals surface area contributed by atoms with Crippen LogP contribution in [0.1, 0.15) is 17.8 Å². The number of fused-ring (bicyclic) bond motifs is 1. The number of benzene rings is 1. The van der Waals surface area contributed by atoms with E-state index in [2.05, 4.69) is 9.97 Å². The lowest BCUT2D eigenvalue weighted by Gasteiger charge is -1.95. The average molecular weight is 239 g/mol. The molecule has 0 unspecified atom stereocenters. The molecule has 4 nitrogen and oxygen atoms in total. The molecular formula is C11H11ClN2O2. The minimum atomic E-state index is -0.824. The average Bonchev–Trinajstić information content (AvgIpc) is 2.58. The minimum Gasteiger partial charge on any atom is -0.481 e. The van der Waals surface area contributed by atoms with Gasteiger partial charge < -0.3 is 10.1 Å². The fraction of sp³-hybridized carbons (Fsp3) is 0.273. The highest BCUT2D eigenvalue weighted by molar-refractivity contribution is 6.32. The molecule has 0 aliphatic heterocycles. The summed E-state index contributed by atoms with van der Waals surface area (Å²) in [4.78, 5) is 17.8. The van der Waals surface area contributed by atoms with Gasteiger partial charge in [0.25, 0.3) is 0 Å². The molecule has 0 amide bonds. The molecule has 16 heavy (non-hydrogen) atoms. The second-order valence-electron chi connectivity index (χ2n) is 3.70. The van der Waals surface area contributed by atoms with Crippen LogP contribution in [0.15, 0.2) is 12.1 Å². The van der Waals surface area contributed by atoms with Crippen molar-refractivity contribution < 1.29 is 9.90 Å². The predicted molar refractivity (Wildman–Crippen MR) is 61.8 cm³/mol. The lowest BCUT2D eigenvalue weighted by Crippen LogP contribution is -1.98. The van der Waals surface area contributed by atoms with Gasteiger partial charge >= 0.3 is 5.97 Å². The van der Waals surface area contributed by atoms with E-state index in [0.717, 1.165) is 16.6 Å². The SMILES string of the molecule is Cc1cc2[nH]c(CCC(=O)O)nc2cc1Cl. The number of H-pyrrole nitrogens is 1. The standard InChI is InChI=1S/C11H11ClN2O2/c1-6-4-8-9(5-7(6)12)14-10(13-8)2-3-11(15)16/h4-5H,2-3H2,1H3,(H,13,14)(H,15,16). The molecule has 0 fully saturated rings. The van der Waals surface area contributed by atoms with Crippen LogP contribution in [0, 0.1) is 6.92 Å². The van der Waals surface area contributed by atoms with Crippen molar-refractivity contribution in [2.45, 2.75) is 19.8 Å². The van der Waals surface area contributed by atoms with Crippen LogP contribution in [0.25, 0.3) is 11.0 Å². The molecule has 2 rings (SSSR count). The van der Waals surface area contributed by atoms with E-state index in [-0.39, 0.29) is 6.42 Å². The van der Waals surface area contributed by atoms with Gasteiger partial charge in [0, 0.05) is 11.4 Å². The second kappa shape index (κ2) is 4.14. The van der Waals surface area contributed by atoms with Crippen LogP contribution in [0.3, 0.4) is 0 Å². The zero-order valence-corrected chi connectivity index (χ0v) is 9.51. The lowest BCUT2D eigenvalue weighted by atomic mass is 10.2. The summed E-state index contributed by atoms with van der Waals surface area (Å²) in [6.45, 7) is 1.92. The Labute approximate surface area is 97.3 Å². The third kappa shape index (κ3) is 2.17. The van der Waals surface area contributed by atoms with E-state index >= 15 is 0 Å². The van der Waals surface area contributed by atoms with Crippen LogP contribution in [0.5, 0.6) is 0 Å². The molecule has 0 saturated heterocycles. The first-order chi connectivity index (χ1) is 7.56. The summed E-state index contributed by atoms with van der Waals surface area (Å²) >= 11 is 5.98. The monoisotopic (exact) mass is 238 g/mol. The molecule has 0 aliphatic rings. The Balaban J connectivity index is 2.33. The van der Waals surface area contributed by atoms with Crippen LogP contribution in [-0.2, 0) is 11.2 Å². The molecule has 0 radical (unpaired) electrons. The van der Waals surface area contributed by atoms with Crippen LogP contribution < -0.4 is 0 Å². The largest absolute Gasteiger partial charge is 0.481 e. The maximum absolute atomic E-state index is 10.4. The molecular weight excluding hydrogens is 228 g/mol. The van der Waals surface area contributed by atoms with Crippen LogP contribution >= 0.6 is 11.6 Å². The Morgan fingerprint density at radius 3 is 3.00 bits per heavy atom. The number of aromatic nitrogens is 2. The highest BCUT2D eigenvalue weighted by Gasteiger charge is 2.07. The number of aromatic amines is 1. The Bertz CT molecular complexity index is 509. The number of carboxylic acids is 1. The van der Waals surface area contributed by atoms with Gasteiger partial charge in [-0.05, 0) is 24.6 Å². The van der Waals surface area contributed by atoms with Gasteiger partial charge in [0.05, 0.1) is 17.5 Å². The van der Waals surface area contributed by atoms with Crippen LogP contribution in [0.4, 0.5) is 0 Å². The summed E-state index contributed by atoms with van der Waals surface area (Å²) in [5.41, 5.74) is 2.64. The van der Waals surface area contributed by atoms with Gasteiger partial charge in [-0.25, -0.2) is 4.98 Å². The number of halogens is 1. The summed E-state index contributed by atoms with van der Waals surface area (Å²) in [7, 11) is 0. The first-order valence-electron chi connectivity index (χ1n) is 4.93. The number of nitrogens with one attached hydrogen (secondary N) is 1. The third-order valence-electron chi connectivity index (χ3n) is 2.39. The molecule has 84 valence electrons. The molecule has 0 bridgehead atoms. The number of aryl methyl sites for hydroxylation is 2. The Morgan fingerprint density at radius 2 is 2.31 bits per heavy atom. The zero-order chi connectivity index (χ0) is 11.7. The summed E-state index contributed by atoms with van der Waals surface area (Å²) in [6, 6.07) is 3.70. The summed E-state index contributed by atoms with van der Waals surface area (Å²) < 4.78 is 0.